The highest BCUT2D eigenvalue weighted by molar-refractivity contribution is 5.67. The van der Waals surface area contributed by atoms with E-state index < -0.39 is 29.6 Å². The molecule has 0 aliphatic carbocycles. The summed E-state index contributed by atoms with van der Waals surface area (Å²) in [5, 5.41) is 7.49. The van der Waals surface area contributed by atoms with Crippen molar-refractivity contribution in [2.45, 2.75) is 38.6 Å². The first-order valence-electron chi connectivity index (χ1n) is 5.83. The number of alkyl halides is 3. The molecule has 0 bridgehead atoms. The van der Waals surface area contributed by atoms with E-state index in [-0.39, 0.29) is 12.1 Å². The van der Waals surface area contributed by atoms with Gasteiger partial charge in [-0.2, -0.15) is 18.3 Å². The Morgan fingerprint density at radius 3 is 2.60 bits per heavy atom. The monoisotopic (exact) mass is 294 g/mol. The van der Waals surface area contributed by atoms with E-state index in [4.69, 9.17) is 10.5 Å². The van der Waals surface area contributed by atoms with Crippen molar-refractivity contribution in [3.63, 3.8) is 0 Å². The largest absolute Gasteiger partial charge is 0.444 e. The van der Waals surface area contributed by atoms with Gasteiger partial charge in [0.05, 0.1) is 12.2 Å². The molecule has 6 nitrogen and oxygen atoms in total. The molecule has 1 aromatic heterocycles. The molecule has 1 heterocycles. The lowest BCUT2D eigenvalue weighted by atomic mass is 10.1. The third-order valence-electron chi connectivity index (χ3n) is 2.22. The molecule has 20 heavy (non-hydrogen) atoms. The van der Waals surface area contributed by atoms with Gasteiger partial charge in [0.15, 0.2) is 0 Å². The first-order chi connectivity index (χ1) is 9.00. The number of carbonyl (C=O) groups excluding carboxylic acids is 1. The molecule has 1 atom stereocenters. The van der Waals surface area contributed by atoms with Crippen molar-refractivity contribution in [2.75, 3.05) is 6.54 Å². The number of amides is 1. The maximum absolute atomic E-state index is 12.6. The van der Waals surface area contributed by atoms with E-state index in [1.807, 2.05) is 5.10 Å². The third-order valence-corrected chi connectivity index (χ3v) is 2.22. The maximum Gasteiger partial charge on any atom is 0.433 e. The van der Waals surface area contributed by atoms with Gasteiger partial charge in [-0.25, -0.2) is 4.79 Å². The molecular weight excluding hydrogens is 277 g/mol. The summed E-state index contributed by atoms with van der Waals surface area (Å²) in [6.07, 6.45) is -4.33. The number of halogens is 3. The first kappa shape index (κ1) is 16.3. The minimum absolute atomic E-state index is 0.197. The van der Waals surface area contributed by atoms with Crippen LogP contribution in [0.2, 0.25) is 0 Å². The number of carbonyl (C=O) groups is 1. The lowest BCUT2D eigenvalue weighted by molar-refractivity contribution is -0.142. The van der Waals surface area contributed by atoms with Crippen LogP contribution in [0.4, 0.5) is 18.0 Å². The smallest absolute Gasteiger partial charge is 0.433 e. The van der Waals surface area contributed by atoms with Crippen molar-refractivity contribution in [2.24, 2.45) is 5.73 Å². The second kappa shape index (κ2) is 5.70. The molecule has 1 amide bonds. The quantitative estimate of drug-likeness (QED) is 0.794. The van der Waals surface area contributed by atoms with Crippen molar-refractivity contribution in [1.29, 1.82) is 0 Å². The normalized spacial score (nSPS) is 13.9. The molecule has 0 spiro atoms. The fourth-order valence-electron chi connectivity index (χ4n) is 1.42. The average Bonchev–Trinajstić information content (AvgIpc) is 2.71. The van der Waals surface area contributed by atoms with Crippen LogP contribution < -0.4 is 11.1 Å². The van der Waals surface area contributed by atoms with Crippen LogP contribution in [0, 0.1) is 0 Å². The molecule has 0 aliphatic rings. The number of rotatable bonds is 3. The molecule has 1 rings (SSSR count). The number of hydrogen-bond acceptors (Lipinski definition) is 4. The summed E-state index contributed by atoms with van der Waals surface area (Å²) in [4.78, 5) is 11.4. The van der Waals surface area contributed by atoms with Gasteiger partial charge in [0.25, 0.3) is 0 Å². The van der Waals surface area contributed by atoms with E-state index >= 15 is 0 Å². The van der Waals surface area contributed by atoms with Crippen LogP contribution in [-0.2, 0) is 10.9 Å². The number of aromatic amines is 1. The highest BCUT2D eigenvalue weighted by atomic mass is 19.4. The molecule has 0 saturated heterocycles. The molecule has 1 aromatic rings. The molecule has 0 radical (unpaired) electrons. The zero-order valence-electron chi connectivity index (χ0n) is 11.3. The zero-order chi connectivity index (χ0) is 15.6. The highest BCUT2D eigenvalue weighted by Crippen LogP contribution is 2.31. The van der Waals surface area contributed by atoms with Crippen molar-refractivity contribution in [3.05, 3.63) is 17.5 Å². The van der Waals surface area contributed by atoms with Gasteiger partial charge in [0.1, 0.15) is 11.3 Å². The van der Waals surface area contributed by atoms with Crippen molar-refractivity contribution >= 4 is 6.09 Å². The predicted molar refractivity (Wildman–Crippen MR) is 64.8 cm³/mol. The number of alkyl carbamates (subject to hydrolysis) is 1. The summed E-state index contributed by atoms with van der Waals surface area (Å²) in [6, 6.07) is -1.04. The summed E-state index contributed by atoms with van der Waals surface area (Å²) in [5.74, 6) is 0. The van der Waals surface area contributed by atoms with E-state index in [2.05, 4.69) is 10.4 Å². The molecule has 9 heteroatoms. The van der Waals surface area contributed by atoms with Gasteiger partial charge in [-0.3, -0.25) is 5.10 Å². The van der Waals surface area contributed by atoms with Gasteiger partial charge in [0, 0.05) is 12.1 Å². The Labute approximate surface area is 113 Å². The molecule has 0 saturated carbocycles. The summed E-state index contributed by atoms with van der Waals surface area (Å²) < 4.78 is 42.8. The molecule has 114 valence electrons. The van der Waals surface area contributed by atoms with Crippen LogP contribution >= 0.6 is 0 Å². The minimum atomic E-state index is -4.57. The maximum atomic E-state index is 12.6. The van der Waals surface area contributed by atoms with Crippen molar-refractivity contribution in [1.82, 2.24) is 15.5 Å². The van der Waals surface area contributed by atoms with E-state index in [9.17, 15) is 18.0 Å². The molecule has 4 N–H and O–H groups in total. The van der Waals surface area contributed by atoms with Crippen LogP contribution in [0.3, 0.4) is 0 Å². The summed E-state index contributed by atoms with van der Waals surface area (Å²) in [6.45, 7) is 4.82. The standard InChI is InChI=1S/C11H17F3N4O2/c1-10(2,3)20-9(19)16-5-7(15)6-4-17-18-8(6)11(12,13)14/h4,7H,5,15H2,1-3H3,(H,16,19)(H,17,18). The van der Waals surface area contributed by atoms with Gasteiger partial charge < -0.3 is 15.8 Å². The Bertz CT molecular complexity index is 465. The summed E-state index contributed by atoms with van der Waals surface area (Å²) >= 11 is 0. The van der Waals surface area contributed by atoms with Crippen LogP contribution in [-0.4, -0.2) is 28.4 Å². The van der Waals surface area contributed by atoms with Crippen LogP contribution in [0.25, 0.3) is 0 Å². The number of nitrogens with one attached hydrogen (secondary N) is 2. The molecule has 1 unspecified atom stereocenters. The zero-order valence-corrected chi connectivity index (χ0v) is 11.3. The fraction of sp³-hybridized carbons (Fsp3) is 0.636. The number of aromatic nitrogens is 2. The Hall–Kier alpha value is -1.77. The SMILES string of the molecule is CC(C)(C)OC(=O)NCC(N)c1cn[nH]c1C(F)(F)F. The lowest BCUT2D eigenvalue weighted by Gasteiger charge is -2.21. The second-order valence-corrected chi connectivity index (χ2v) is 5.19. The minimum Gasteiger partial charge on any atom is -0.444 e. The Balaban J connectivity index is 2.62. The van der Waals surface area contributed by atoms with Gasteiger partial charge in [-0.1, -0.05) is 0 Å². The predicted octanol–water partition coefficient (Wildman–Crippen LogP) is 1.95. The number of hydrogen-bond donors (Lipinski definition) is 3. The summed E-state index contributed by atoms with van der Waals surface area (Å²) in [7, 11) is 0. The number of nitrogens with zero attached hydrogens (tertiary/aromatic N) is 1. The Morgan fingerprint density at radius 1 is 1.50 bits per heavy atom. The Morgan fingerprint density at radius 2 is 2.10 bits per heavy atom. The number of nitrogens with two attached hydrogens (primary N) is 1. The molecule has 0 aliphatic heterocycles. The van der Waals surface area contributed by atoms with Crippen LogP contribution in [0.1, 0.15) is 38.1 Å². The average molecular weight is 294 g/mol. The number of ether oxygens (including phenoxy) is 1. The Kier molecular flexibility index (Phi) is 4.64. The molecule has 0 fully saturated rings. The highest BCUT2D eigenvalue weighted by Gasteiger charge is 2.37. The van der Waals surface area contributed by atoms with E-state index in [1.165, 1.54) is 0 Å². The third kappa shape index (κ3) is 4.72. The van der Waals surface area contributed by atoms with Crippen molar-refractivity contribution < 1.29 is 22.7 Å². The topological polar surface area (TPSA) is 93.0 Å². The summed E-state index contributed by atoms with van der Waals surface area (Å²) in [5.41, 5.74) is 3.69. The van der Waals surface area contributed by atoms with Crippen LogP contribution in [0.15, 0.2) is 6.20 Å². The fourth-order valence-corrected chi connectivity index (χ4v) is 1.42. The van der Waals surface area contributed by atoms with Gasteiger partial charge >= 0.3 is 12.3 Å². The molecular formula is C11H17F3N4O2. The van der Waals surface area contributed by atoms with E-state index in [0.717, 1.165) is 6.20 Å². The van der Waals surface area contributed by atoms with Crippen LogP contribution in [0.5, 0.6) is 0 Å². The molecule has 0 aromatic carbocycles. The lowest BCUT2D eigenvalue weighted by Crippen LogP contribution is -2.37. The first-order valence-corrected chi connectivity index (χ1v) is 5.83. The van der Waals surface area contributed by atoms with Gasteiger partial charge in [-0.05, 0) is 20.8 Å². The second-order valence-electron chi connectivity index (χ2n) is 5.19. The van der Waals surface area contributed by atoms with Crippen molar-refractivity contribution in [3.8, 4) is 0 Å². The van der Waals surface area contributed by atoms with E-state index in [0.29, 0.717) is 0 Å². The number of H-pyrrole nitrogens is 1. The van der Waals surface area contributed by atoms with E-state index in [1.54, 1.807) is 20.8 Å². The van der Waals surface area contributed by atoms with Gasteiger partial charge in [-0.15, -0.1) is 0 Å². The van der Waals surface area contributed by atoms with Gasteiger partial charge in [0.2, 0.25) is 0 Å².